The van der Waals surface area contributed by atoms with E-state index in [4.69, 9.17) is 9.47 Å². The summed E-state index contributed by atoms with van der Waals surface area (Å²) in [5, 5.41) is 0. The summed E-state index contributed by atoms with van der Waals surface area (Å²) in [5.74, 6) is -0.201. The average Bonchev–Trinajstić information content (AvgIpc) is 2.56. The van der Waals surface area contributed by atoms with Crippen LogP contribution in [0.25, 0.3) is 11.1 Å². The first-order valence-corrected chi connectivity index (χ1v) is 7.85. The maximum absolute atomic E-state index is 12.1. The van der Waals surface area contributed by atoms with Crippen LogP contribution in [0.15, 0.2) is 48.5 Å². The Hall–Kier alpha value is -2.13. The summed E-state index contributed by atoms with van der Waals surface area (Å²) in [5.41, 5.74) is 3.70. The summed E-state index contributed by atoms with van der Waals surface area (Å²) >= 11 is 0. The molecule has 0 radical (unpaired) electrons. The number of rotatable bonds is 6. The molecule has 3 heteroatoms. The molecule has 0 N–H and O–H groups in total. The molecule has 0 amide bonds. The summed E-state index contributed by atoms with van der Waals surface area (Å²) < 4.78 is 10.4. The van der Waals surface area contributed by atoms with Crippen molar-refractivity contribution in [3.8, 4) is 11.1 Å². The van der Waals surface area contributed by atoms with Crippen molar-refractivity contribution in [1.82, 2.24) is 0 Å². The zero-order valence-corrected chi connectivity index (χ0v) is 14.3. The van der Waals surface area contributed by atoms with E-state index in [1.807, 2.05) is 57.2 Å². The molecule has 0 aliphatic carbocycles. The first-order chi connectivity index (χ1) is 11.0. The molecule has 23 heavy (non-hydrogen) atoms. The molecule has 0 spiro atoms. The highest BCUT2D eigenvalue weighted by atomic mass is 16.5. The maximum atomic E-state index is 12.1. The molecule has 2 aromatic carbocycles. The average molecular weight is 312 g/mol. The number of esters is 1. The lowest BCUT2D eigenvalue weighted by Gasteiger charge is -2.23. The SMILES string of the molecule is CCOC(=O)C(C)(C)c1ccc(-c2ccccc2COC)cc1. The molecular formula is C20H24O3. The van der Waals surface area contributed by atoms with Gasteiger partial charge in [-0.05, 0) is 43.0 Å². The van der Waals surface area contributed by atoms with Crippen molar-refractivity contribution < 1.29 is 14.3 Å². The fourth-order valence-electron chi connectivity index (χ4n) is 2.58. The van der Waals surface area contributed by atoms with E-state index in [9.17, 15) is 4.79 Å². The Morgan fingerprint density at radius 2 is 1.70 bits per heavy atom. The Morgan fingerprint density at radius 3 is 2.30 bits per heavy atom. The van der Waals surface area contributed by atoms with Crippen molar-refractivity contribution in [2.45, 2.75) is 32.8 Å². The molecule has 0 atom stereocenters. The summed E-state index contributed by atoms with van der Waals surface area (Å²) in [6.07, 6.45) is 0. The molecule has 2 aromatic rings. The highest BCUT2D eigenvalue weighted by Gasteiger charge is 2.31. The molecule has 122 valence electrons. The predicted molar refractivity (Wildman–Crippen MR) is 92.3 cm³/mol. The van der Waals surface area contributed by atoms with Crippen LogP contribution < -0.4 is 0 Å². The third kappa shape index (κ3) is 3.80. The Labute approximate surface area is 138 Å². The zero-order chi connectivity index (χ0) is 16.9. The first kappa shape index (κ1) is 17.2. The normalized spacial score (nSPS) is 11.3. The van der Waals surface area contributed by atoms with Gasteiger partial charge in [0.25, 0.3) is 0 Å². The molecule has 0 saturated heterocycles. The second-order valence-electron chi connectivity index (χ2n) is 6.01. The number of hydrogen-bond donors (Lipinski definition) is 0. The van der Waals surface area contributed by atoms with Gasteiger partial charge in [-0.15, -0.1) is 0 Å². The van der Waals surface area contributed by atoms with Gasteiger partial charge in [0.2, 0.25) is 0 Å². The van der Waals surface area contributed by atoms with Gasteiger partial charge in [0.15, 0.2) is 0 Å². The lowest BCUT2D eigenvalue weighted by molar-refractivity contribution is -0.148. The lowest BCUT2D eigenvalue weighted by atomic mass is 9.84. The second-order valence-corrected chi connectivity index (χ2v) is 6.01. The van der Waals surface area contributed by atoms with Crippen molar-refractivity contribution in [3.05, 3.63) is 59.7 Å². The smallest absolute Gasteiger partial charge is 0.315 e. The Kier molecular flexibility index (Phi) is 5.56. The highest BCUT2D eigenvalue weighted by molar-refractivity contribution is 5.82. The van der Waals surface area contributed by atoms with E-state index < -0.39 is 5.41 Å². The molecule has 3 nitrogen and oxygen atoms in total. The van der Waals surface area contributed by atoms with Crippen LogP contribution in [0.4, 0.5) is 0 Å². The minimum Gasteiger partial charge on any atom is -0.465 e. The molecule has 0 saturated carbocycles. The van der Waals surface area contributed by atoms with Gasteiger partial charge in [0.05, 0.1) is 18.6 Å². The molecule has 2 rings (SSSR count). The minimum atomic E-state index is -0.652. The van der Waals surface area contributed by atoms with Gasteiger partial charge in [0.1, 0.15) is 0 Å². The third-order valence-corrected chi connectivity index (χ3v) is 4.02. The highest BCUT2D eigenvalue weighted by Crippen LogP contribution is 2.29. The van der Waals surface area contributed by atoms with Gasteiger partial charge in [-0.1, -0.05) is 48.5 Å². The van der Waals surface area contributed by atoms with E-state index in [-0.39, 0.29) is 5.97 Å². The van der Waals surface area contributed by atoms with Crippen LogP contribution in [0.5, 0.6) is 0 Å². The van der Waals surface area contributed by atoms with Crippen LogP contribution in [0.3, 0.4) is 0 Å². The van der Waals surface area contributed by atoms with Gasteiger partial charge in [-0.3, -0.25) is 4.79 Å². The van der Waals surface area contributed by atoms with Crippen molar-refractivity contribution in [2.24, 2.45) is 0 Å². The number of carbonyl (C=O) groups is 1. The summed E-state index contributed by atoms with van der Waals surface area (Å²) in [7, 11) is 1.70. The topological polar surface area (TPSA) is 35.5 Å². The van der Waals surface area contributed by atoms with Crippen molar-refractivity contribution in [1.29, 1.82) is 0 Å². The first-order valence-electron chi connectivity index (χ1n) is 7.85. The van der Waals surface area contributed by atoms with Crippen LogP contribution in [0, 0.1) is 0 Å². The van der Waals surface area contributed by atoms with Crippen molar-refractivity contribution in [2.75, 3.05) is 13.7 Å². The number of carbonyl (C=O) groups excluding carboxylic acids is 1. The molecular weight excluding hydrogens is 288 g/mol. The number of hydrogen-bond acceptors (Lipinski definition) is 3. The molecule has 0 unspecified atom stereocenters. The molecule has 0 fully saturated rings. The predicted octanol–water partition coefficient (Wildman–Crippen LogP) is 4.34. The maximum Gasteiger partial charge on any atom is 0.315 e. The molecule has 0 aromatic heterocycles. The molecule has 0 bridgehead atoms. The summed E-state index contributed by atoms with van der Waals surface area (Å²) in [6, 6.07) is 16.3. The summed E-state index contributed by atoms with van der Waals surface area (Å²) in [6.45, 7) is 6.57. The Morgan fingerprint density at radius 1 is 1.04 bits per heavy atom. The van der Waals surface area contributed by atoms with Gasteiger partial charge in [-0.2, -0.15) is 0 Å². The minimum absolute atomic E-state index is 0.201. The second kappa shape index (κ2) is 7.42. The molecule has 0 aliphatic rings. The van der Waals surface area contributed by atoms with Crippen LogP contribution in [0.2, 0.25) is 0 Å². The number of benzene rings is 2. The Balaban J connectivity index is 2.32. The van der Waals surface area contributed by atoms with E-state index in [1.54, 1.807) is 7.11 Å². The van der Waals surface area contributed by atoms with Crippen molar-refractivity contribution >= 4 is 5.97 Å². The van der Waals surface area contributed by atoms with E-state index in [2.05, 4.69) is 12.1 Å². The van der Waals surface area contributed by atoms with E-state index in [1.165, 1.54) is 0 Å². The molecule has 0 heterocycles. The fourth-order valence-corrected chi connectivity index (χ4v) is 2.58. The third-order valence-electron chi connectivity index (χ3n) is 4.02. The largest absolute Gasteiger partial charge is 0.465 e. The van der Waals surface area contributed by atoms with Crippen LogP contribution in [0.1, 0.15) is 31.9 Å². The van der Waals surface area contributed by atoms with E-state index >= 15 is 0 Å². The van der Waals surface area contributed by atoms with E-state index in [0.717, 1.165) is 22.3 Å². The lowest BCUT2D eigenvalue weighted by Crippen LogP contribution is -2.31. The van der Waals surface area contributed by atoms with Gasteiger partial charge in [0, 0.05) is 7.11 Å². The summed E-state index contributed by atoms with van der Waals surface area (Å²) in [4.78, 5) is 12.1. The van der Waals surface area contributed by atoms with Crippen LogP contribution in [-0.2, 0) is 26.3 Å². The molecule has 0 aliphatic heterocycles. The standard InChI is InChI=1S/C20H24O3/c1-5-23-19(21)20(2,3)17-12-10-15(11-13-17)18-9-7-6-8-16(18)14-22-4/h6-13H,5,14H2,1-4H3. The number of ether oxygens (including phenoxy) is 2. The Bertz CT molecular complexity index is 657. The van der Waals surface area contributed by atoms with Gasteiger partial charge >= 0.3 is 5.97 Å². The zero-order valence-electron chi connectivity index (χ0n) is 14.3. The van der Waals surface area contributed by atoms with Gasteiger partial charge < -0.3 is 9.47 Å². The van der Waals surface area contributed by atoms with Crippen LogP contribution in [-0.4, -0.2) is 19.7 Å². The monoisotopic (exact) mass is 312 g/mol. The van der Waals surface area contributed by atoms with E-state index in [0.29, 0.717) is 13.2 Å². The van der Waals surface area contributed by atoms with Crippen molar-refractivity contribution in [3.63, 3.8) is 0 Å². The van der Waals surface area contributed by atoms with Gasteiger partial charge in [-0.25, -0.2) is 0 Å². The van der Waals surface area contributed by atoms with Crippen LogP contribution >= 0.6 is 0 Å². The number of methoxy groups -OCH3 is 1. The quantitative estimate of drug-likeness (QED) is 0.744. The fraction of sp³-hybridized carbons (Fsp3) is 0.350.